The fourth-order valence-electron chi connectivity index (χ4n) is 2.08. The van der Waals surface area contributed by atoms with Gasteiger partial charge in [0.05, 0.1) is 25.8 Å². The van der Waals surface area contributed by atoms with E-state index in [1.54, 1.807) is 7.11 Å². The zero-order valence-electron chi connectivity index (χ0n) is 12.9. The van der Waals surface area contributed by atoms with Gasteiger partial charge in [0.15, 0.2) is 0 Å². The lowest BCUT2D eigenvalue weighted by molar-refractivity contribution is -0.142. The molecule has 118 valence electrons. The molecule has 6 heteroatoms. The van der Waals surface area contributed by atoms with Crippen molar-refractivity contribution in [1.29, 1.82) is 0 Å². The number of nitrogens with zero attached hydrogens (tertiary/aromatic N) is 1. The molecule has 0 aliphatic rings. The predicted molar refractivity (Wildman–Crippen MR) is 84.6 cm³/mol. The van der Waals surface area contributed by atoms with Crippen LogP contribution in [-0.4, -0.2) is 29.9 Å². The van der Waals surface area contributed by atoms with Crippen LogP contribution >= 0.6 is 0 Å². The molecule has 1 aromatic carbocycles. The number of esters is 1. The monoisotopic (exact) mass is 303 g/mol. The first-order valence-electron chi connectivity index (χ1n) is 7.28. The number of hydrogen-bond donors (Lipinski definition) is 2. The molecule has 0 radical (unpaired) electrons. The zero-order chi connectivity index (χ0) is 15.9. The lowest BCUT2D eigenvalue weighted by atomic mass is 10.1. The highest BCUT2D eigenvalue weighted by atomic mass is 16.5. The number of rotatable bonds is 7. The van der Waals surface area contributed by atoms with Gasteiger partial charge in [0.2, 0.25) is 0 Å². The number of aromatic nitrogens is 2. The minimum atomic E-state index is -0.295. The fourth-order valence-corrected chi connectivity index (χ4v) is 2.08. The molecule has 6 nitrogen and oxygen atoms in total. The number of anilines is 1. The average molecular weight is 303 g/mol. The van der Waals surface area contributed by atoms with Gasteiger partial charge in [-0.2, -0.15) is 5.10 Å². The maximum Gasteiger partial charge on any atom is 0.310 e. The van der Waals surface area contributed by atoms with Gasteiger partial charge in [0.25, 0.3) is 0 Å². The standard InChI is InChI=1S/C16H21N3O3/c1-3-4-9-22-14(20)10-13-15(18-19-16(13)17)11-5-7-12(21-2)8-6-11/h5-8H,3-4,9-10H2,1-2H3,(H3,17,18,19). The Morgan fingerprint density at radius 1 is 1.32 bits per heavy atom. The molecule has 2 rings (SSSR count). The van der Waals surface area contributed by atoms with Crippen molar-refractivity contribution in [3.63, 3.8) is 0 Å². The summed E-state index contributed by atoms with van der Waals surface area (Å²) < 4.78 is 10.3. The Morgan fingerprint density at radius 2 is 2.05 bits per heavy atom. The SMILES string of the molecule is CCCCOC(=O)Cc1c(N)n[nH]c1-c1ccc(OC)cc1. The molecule has 1 aromatic heterocycles. The van der Waals surface area contributed by atoms with Gasteiger partial charge in [-0.15, -0.1) is 0 Å². The van der Waals surface area contributed by atoms with E-state index in [-0.39, 0.29) is 12.4 Å². The largest absolute Gasteiger partial charge is 0.497 e. The van der Waals surface area contributed by atoms with Crippen molar-refractivity contribution in [3.8, 4) is 17.0 Å². The molecule has 0 atom stereocenters. The van der Waals surface area contributed by atoms with Crippen LogP contribution in [0, 0.1) is 0 Å². The Hall–Kier alpha value is -2.50. The molecule has 0 saturated carbocycles. The number of carbonyl (C=O) groups is 1. The molecule has 0 unspecified atom stereocenters. The van der Waals surface area contributed by atoms with Crippen LogP contribution < -0.4 is 10.5 Å². The molecule has 22 heavy (non-hydrogen) atoms. The molecular weight excluding hydrogens is 282 g/mol. The molecule has 3 N–H and O–H groups in total. The molecule has 2 aromatic rings. The van der Waals surface area contributed by atoms with Gasteiger partial charge in [-0.25, -0.2) is 0 Å². The van der Waals surface area contributed by atoms with E-state index in [0.29, 0.717) is 18.0 Å². The summed E-state index contributed by atoms with van der Waals surface area (Å²) in [6.07, 6.45) is 1.95. The van der Waals surface area contributed by atoms with Gasteiger partial charge in [0, 0.05) is 11.1 Å². The Labute approximate surface area is 129 Å². The number of hydrogen-bond acceptors (Lipinski definition) is 5. The molecule has 0 spiro atoms. The average Bonchev–Trinajstić information content (AvgIpc) is 2.89. The van der Waals surface area contributed by atoms with Gasteiger partial charge < -0.3 is 15.2 Å². The van der Waals surface area contributed by atoms with Crippen molar-refractivity contribution >= 4 is 11.8 Å². The Kier molecular flexibility index (Phi) is 5.41. The Morgan fingerprint density at radius 3 is 2.68 bits per heavy atom. The van der Waals surface area contributed by atoms with Crippen molar-refractivity contribution in [2.45, 2.75) is 26.2 Å². The van der Waals surface area contributed by atoms with Crippen LogP contribution in [0.15, 0.2) is 24.3 Å². The van der Waals surface area contributed by atoms with Crippen LogP contribution in [0.1, 0.15) is 25.3 Å². The summed E-state index contributed by atoms with van der Waals surface area (Å²) in [5.41, 5.74) is 8.14. The fraction of sp³-hybridized carbons (Fsp3) is 0.375. The topological polar surface area (TPSA) is 90.2 Å². The van der Waals surface area contributed by atoms with E-state index in [0.717, 1.165) is 29.8 Å². The number of benzene rings is 1. The normalized spacial score (nSPS) is 10.5. The summed E-state index contributed by atoms with van der Waals surface area (Å²) in [6.45, 7) is 2.48. The predicted octanol–water partition coefficient (Wildman–Crippen LogP) is 2.55. The minimum absolute atomic E-state index is 0.105. The highest BCUT2D eigenvalue weighted by Gasteiger charge is 2.17. The second kappa shape index (κ2) is 7.49. The van der Waals surface area contributed by atoms with Crippen LogP contribution in [0.25, 0.3) is 11.3 Å². The van der Waals surface area contributed by atoms with E-state index >= 15 is 0 Å². The number of carbonyl (C=O) groups excluding carboxylic acids is 1. The third-order valence-electron chi connectivity index (χ3n) is 3.36. The van der Waals surface area contributed by atoms with Gasteiger partial charge >= 0.3 is 5.97 Å². The van der Waals surface area contributed by atoms with E-state index in [9.17, 15) is 4.79 Å². The molecular formula is C16H21N3O3. The van der Waals surface area contributed by atoms with E-state index in [4.69, 9.17) is 15.2 Å². The third-order valence-corrected chi connectivity index (χ3v) is 3.36. The maximum atomic E-state index is 11.9. The first kappa shape index (κ1) is 15.9. The summed E-state index contributed by atoms with van der Waals surface area (Å²) in [5.74, 6) is 0.784. The van der Waals surface area contributed by atoms with Crippen LogP contribution in [0.3, 0.4) is 0 Å². The van der Waals surface area contributed by atoms with E-state index in [1.807, 2.05) is 31.2 Å². The number of nitrogens with one attached hydrogen (secondary N) is 1. The number of unbranched alkanes of at least 4 members (excludes halogenated alkanes) is 1. The lowest BCUT2D eigenvalue weighted by Crippen LogP contribution is -2.10. The van der Waals surface area contributed by atoms with E-state index < -0.39 is 0 Å². The van der Waals surface area contributed by atoms with Crippen molar-refractivity contribution < 1.29 is 14.3 Å². The van der Waals surface area contributed by atoms with Crippen molar-refractivity contribution in [2.75, 3.05) is 19.5 Å². The summed E-state index contributed by atoms with van der Waals surface area (Å²) in [5, 5.41) is 6.88. The molecule has 0 aliphatic carbocycles. The van der Waals surface area contributed by atoms with Gasteiger partial charge in [-0.1, -0.05) is 13.3 Å². The van der Waals surface area contributed by atoms with Gasteiger partial charge in [0.1, 0.15) is 11.6 Å². The van der Waals surface area contributed by atoms with Crippen LogP contribution in [0.2, 0.25) is 0 Å². The van der Waals surface area contributed by atoms with Crippen LogP contribution in [0.4, 0.5) is 5.82 Å². The second-order valence-corrected chi connectivity index (χ2v) is 4.94. The highest BCUT2D eigenvalue weighted by molar-refractivity contribution is 5.79. The minimum Gasteiger partial charge on any atom is -0.497 e. The quantitative estimate of drug-likeness (QED) is 0.606. The molecule has 0 saturated heterocycles. The van der Waals surface area contributed by atoms with Crippen LogP contribution in [-0.2, 0) is 16.0 Å². The highest BCUT2D eigenvalue weighted by Crippen LogP contribution is 2.27. The van der Waals surface area contributed by atoms with E-state index in [1.165, 1.54) is 0 Å². The van der Waals surface area contributed by atoms with Crippen molar-refractivity contribution in [1.82, 2.24) is 10.2 Å². The van der Waals surface area contributed by atoms with Gasteiger partial charge in [-0.05, 0) is 30.7 Å². The lowest BCUT2D eigenvalue weighted by Gasteiger charge is -2.06. The Balaban J connectivity index is 2.14. The second-order valence-electron chi connectivity index (χ2n) is 4.94. The van der Waals surface area contributed by atoms with Crippen molar-refractivity contribution in [2.24, 2.45) is 0 Å². The van der Waals surface area contributed by atoms with Gasteiger partial charge in [-0.3, -0.25) is 9.89 Å². The molecule has 1 heterocycles. The molecule has 0 amide bonds. The number of ether oxygens (including phenoxy) is 2. The summed E-state index contributed by atoms with van der Waals surface area (Å²) in [4.78, 5) is 11.9. The third kappa shape index (κ3) is 3.78. The first-order chi connectivity index (χ1) is 10.7. The summed E-state index contributed by atoms with van der Waals surface area (Å²) in [7, 11) is 1.61. The Bertz CT molecular complexity index is 620. The number of aromatic amines is 1. The first-order valence-corrected chi connectivity index (χ1v) is 7.28. The van der Waals surface area contributed by atoms with E-state index in [2.05, 4.69) is 10.2 Å². The summed E-state index contributed by atoms with van der Waals surface area (Å²) in [6, 6.07) is 7.46. The number of H-pyrrole nitrogens is 1. The molecule has 0 aliphatic heterocycles. The smallest absolute Gasteiger partial charge is 0.310 e. The molecule has 0 fully saturated rings. The zero-order valence-corrected chi connectivity index (χ0v) is 12.9. The number of nitrogens with two attached hydrogens (primary N) is 1. The number of methoxy groups -OCH3 is 1. The van der Waals surface area contributed by atoms with Crippen LogP contribution in [0.5, 0.6) is 5.75 Å². The van der Waals surface area contributed by atoms with Crippen molar-refractivity contribution in [3.05, 3.63) is 29.8 Å². The number of nitrogen functional groups attached to an aromatic ring is 1. The summed E-state index contributed by atoms with van der Waals surface area (Å²) >= 11 is 0. The maximum absolute atomic E-state index is 11.9. The molecule has 0 bridgehead atoms.